The van der Waals surface area contributed by atoms with Gasteiger partial charge in [0.25, 0.3) is 0 Å². The van der Waals surface area contributed by atoms with Crippen LogP contribution in [-0.4, -0.2) is 31.0 Å². The van der Waals surface area contributed by atoms with Gasteiger partial charge in [-0.25, -0.2) is 0 Å². The summed E-state index contributed by atoms with van der Waals surface area (Å²) in [4.78, 5) is 4.10. The van der Waals surface area contributed by atoms with Crippen LogP contribution in [0.1, 0.15) is 0 Å². The third kappa shape index (κ3) is 3.65. The van der Waals surface area contributed by atoms with Gasteiger partial charge >= 0.3 is 6.18 Å². The van der Waals surface area contributed by atoms with E-state index in [4.69, 9.17) is 5.11 Å². The fourth-order valence-corrected chi connectivity index (χ4v) is 0.278. The standard InChI is InChI=1S/C4H8F3NO2/c1-10-8-2-3(9)4(5,6)7/h3,8-9H,2H2,1H3. The van der Waals surface area contributed by atoms with Crippen LogP contribution in [0, 0.1) is 0 Å². The van der Waals surface area contributed by atoms with E-state index in [2.05, 4.69) is 4.84 Å². The minimum Gasteiger partial charge on any atom is -0.382 e. The molecule has 0 spiro atoms. The second kappa shape index (κ2) is 3.75. The molecule has 1 unspecified atom stereocenters. The predicted molar refractivity (Wildman–Crippen MR) is 27.1 cm³/mol. The van der Waals surface area contributed by atoms with Crippen molar-refractivity contribution in [1.82, 2.24) is 5.48 Å². The molecule has 0 radical (unpaired) electrons. The Morgan fingerprint density at radius 2 is 2.10 bits per heavy atom. The van der Waals surface area contributed by atoms with E-state index in [1.165, 1.54) is 7.11 Å². The van der Waals surface area contributed by atoms with E-state index in [0.29, 0.717) is 0 Å². The Hall–Kier alpha value is -0.330. The van der Waals surface area contributed by atoms with E-state index in [-0.39, 0.29) is 0 Å². The smallest absolute Gasteiger partial charge is 0.382 e. The van der Waals surface area contributed by atoms with Gasteiger partial charge in [0.15, 0.2) is 6.10 Å². The molecule has 0 aliphatic rings. The molecule has 0 aliphatic carbocycles. The van der Waals surface area contributed by atoms with Crippen LogP contribution >= 0.6 is 0 Å². The molecule has 0 aromatic carbocycles. The second-order valence-electron chi connectivity index (χ2n) is 1.61. The summed E-state index contributed by atoms with van der Waals surface area (Å²) in [6, 6.07) is 0. The molecule has 0 rings (SSSR count). The van der Waals surface area contributed by atoms with Crippen molar-refractivity contribution in [3.05, 3.63) is 0 Å². The quantitative estimate of drug-likeness (QED) is 0.572. The van der Waals surface area contributed by atoms with Gasteiger partial charge in [-0.15, -0.1) is 0 Å². The monoisotopic (exact) mass is 159 g/mol. The summed E-state index contributed by atoms with van der Waals surface area (Å²) >= 11 is 0. The number of alkyl halides is 3. The highest BCUT2D eigenvalue weighted by Crippen LogP contribution is 2.18. The molecular weight excluding hydrogens is 151 g/mol. The number of rotatable bonds is 3. The summed E-state index contributed by atoms with van der Waals surface area (Å²) < 4.78 is 34.3. The van der Waals surface area contributed by atoms with Crippen LogP contribution in [0.25, 0.3) is 0 Å². The van der Waals surface area contributed by atoms with Gasteiger partial charge in [0, 0.05) is 0 Å². The molecule has 1 atom stereocenters. The van der Waals surface area contributed by atoms with Crippen LogP contribution in [0.4, 0.5) is 13.2 Å². The molecule has 0 aliphatic heterocycles. The first-order valence-corrected chi connectivity index (χ1v) is 2.49. The van der Waals surface area contributed by atoms with E-state index in [9.17, 15) is 13.2 Å². The molecule has 3 nitrogen and oxygen atoms in total. The molecule has 0 heterocycles. The van der Waals surface area contributed by atoms with E-state index >= 15 is 0 Å². The topological polar surface area (TPSA) is 41.5 Å². The maximum Gasteiger partial charge on any atom is 0.415 e. The van der Waals surface area contributed by atoms with E-state index < -0.39 is 18.8 Å². The minimum atomic E-state index is -4.58. The molecule has 2 N–H and O–H groups in total. The zero-order chi connectivity index (χ0) is 8.20. The van der Waals surface area contributed by atoms with Gasteiger partial charge in [0.1, 0.15) is 0 Å². The molecule has 0 saturated carbocycles. The van der Waals surface area contributed by atoms with Crippen LogP contribution in [0.2, 0.25) is 0 Å². The molecule has 0 aromatic rings. The fraction of sp³-hybridized carbons (Fsp3) is 1.00. The SMILES string of the molecule is CONCC(O)C(F)(F)F. The summed E-state index contributed by atoms with van der Waals surface area (Å²) in [5.41, 5.74) is 1.88. The lowest BCUT2D eigenvalue weighted by atomic mass is 10.3. The van der Waals surface area contributed by atoms with Crippen molar-refractivity contribution in [2.24, 2.45) is 0 Å². The Kier molecular flexibility index (Phi) is 3.62. The Balaban J connectivity index is 3.52. The second-order valence-corrected chi connectivity index (χ2v) is 1.61. The molecular formula is C4H8F3NO2. The summed E-state index contributed by atoms with van der Waals surface area (Å²) in [5.74, 6) is 0. The Morgan fingerprint density at radius 3 is 2.40 bits per heavy atom. The van der Waals surface area contributed by atoms with Crippen molar-refractivity contribution in [2.45, 2.75) is 12.3 Å². The van der Waals surface area contributed by atoms with Gasteiger partial charge in [0.05, 0.1) is 13.7 Å². The molecule has 0 saturated heterocycles. The summed E-state index contributed by atoms with van der Waals surface area (Å²) in [6.45, 7) is -0.653. The number of nitrogens with one attached hydrogen (secondary N) is 1. The minimum absolute atomic E-state index is 0.653. The van der Waals surface area contributed by atoms with Crippen LogP contribution in [0.3, 0.4) is 0 Å². The maximum absolute atomic E-state index is 11.4. The zero-order valence-electron chi connectivity index (χ0n) is 5.27. The van der Waals surface area contributed by atoms with Crippen LogP contribution in [-0.2, 0) is 4.84 Å². The van der Waals surface area contributed by atoms with Gasteiger partial charge in [-0.3, -0.25) is 0 Å². The largest absolute Gasteiger partial charge is 0.415 e. The van der Waals surface area contributed by atoms with Gasteiger partial charge in [0.2, 0.25) is 0 Å². The number of hydroxylamine groups is 1. The van der Waals surface area contributed by atoms with E-state index in [0.717, 1.165) is 0 Å². The first-order valence-electron chi connectivity index (χ1n) is 2.49. The van der Waals surface area contributed by atoms with Gasteiger partial charge < -0.3 is 9.94 Å². The highest BCUT2D eigenvalue weighted by atomic mass is 19.4. The first kappa shape index (κ1) is 9.67. The van der Waals surface area contributed by atoms with Crippen molar-refractivity contribution < 1.29 is 23.1 Å². The van der Waals surface area contributed by atoms with Crippen molar-refractivity contribution in [2.75, 3.05) is 13.7 Å². The first-order chi connectivity index (χ1) is 4.48. The van der Waals surface area contributed by atoms with Crippen LogP contribution in [0.15, 0.2) is 0 Å². The zero-order valence-corrected chi connectivity index (χ0v) is 5.27. The summed E-state index contributed by atoms with van der Waals surface area (Å²) in [7, 11) is 1.17. The van der Waals surface area contributed by atoms with Gasteiger partial charge in [-0.2, -0.15) is 18.7 Å². The van der Waals surface area contributed by atoms with E-state index in [1.807, 2.05) is 5.48 Å². The van der Waals surface area contributed by atoms with Gasteiger partial charge in [-0.05, 0) is 0 Å². The molecule has 62 valence electrons. The van der Waals surface area contributed by atoms with Crippen molar-refractivity contribution >= 4 is 0 Å². The molecule has 0 bridgehead atoms. The third-order valence-electron chi connectivity index (χ3n) is 0.799. The lowest BCUT2D eigenvalue weighted by Gasteiger charge is -2.13. The Labute approximate surface area is 55.7 Å². The third-order valence-corrected chi connectivity index (χ3v) is 0.799. The number of aliphatic hydroxyl groups excluding tert-OH is 1. The summed E-state index contributed by atoms with van der Waals surface area (Å²) in [6.07, 6.45) is -6.95. The van der Waals surface area contributed by atoms with Crippen LogP contribution < -0.4 is 5.48 Å². The average molecular weight is 159 g/mol. The normalized spacial score (nSPS) is 15.3. The molecule has 0 aromatic heterocycles. The summed E-state index contributed by atoms with van der Waals surface area (Å²) in [5, 5.41) is 8.25. The number of aliphatic hydroxyl groups is 1. The highest BCUT2D eigenvalue weighted by Gasteiger charge is 2.37. The Morgan fingerprint density at radius 1 is 1.60 bits per heavy atom. The number of hydrogen-bond donors (Lipinski definition) is 2. The van der Waals surface area contributed by atoms with Crippen molar-refractivity contribution in [3.63, 3.8) is 0 Å². The van der Waals surface area contributed by atoms with E-state index in [1.54, 1.807) is 0 Å². The Bertz CT molecular complexity index is 95.0. The molecule has 10 heavy (non-hydrogen) atoms. The molecule has 6 heteroatoms. The lowest BCUT2D eigenvalue weighted by Crippen LogP contribution is -2.37. The van der Waals surface area contributed by atoms with Crippen LogP contribution in [0.5, 0.6) is 0 Å². The number of hydrogen-bond acceptors (Lipinski definition) is 3. The average Bonchev–Trinajstić information content (AvgIpc) is 1.80. The van der Waals surface area contributed by atoms with Gasteiger partial charge in [-0.1, -0.05) is 0 Å². The lowest BCUT2D eigenvalue weighted by molar-refractivity contribution is -0.207. The fourth-order valence-electron chi connectivity index (χ4n) is 0.278. The predicted octanol–water partition coefficient (Wildman–Crippen LogP) is 0.0606. The number of halogens is 3. The van der Waals surface area contributed by atoms with Crippen molar-refractivity contribution in [1.29, 1.82) is 0 Å². The molecule has 0 fully saturated rings. The maximum atomic E-state index is 11.4. The molecule has 0 amide bonds. The van der Waals surface area contributed by atoms with Crippen molar-refractivity contribution in [3.8, 4) is 0 Å². The highest BCUT2D eigenvalue weighted by molar-refractivity contribution is 4.64.